The summed E-state index contributed by atoms with van der Waals surface area (Å²) < 4.78 is 15.3. The SMILES string of the molecule is O=C(COC(=O)COc1ccc([N+](=O)[O-])cc1)NC[C@@H]1CCCO1. The molecule has 1 aromatic carbocycles. The number of nitro groups is 1. The number of benzene rings is 1. The standard InChI is InChI=1S/C15H18N2O7/c18-14(16-8-13-2-1-7-22-13)9-24-15(19)10-23-12-5-3-11(4-6-12)17(20)21/h3-6,13H,1-2,7-10H2,(H,16,18)/t13-/m0/s1. The number of hydrogen-bond acceptors (Lipinski definition) is 7. The number of hydrogen-bond donors (Lipinski definition) is 1. The first-order chi connectivity index (χ1) is 11.5. The van der Waals surface area contributed by atoms with Crippen LogP contribution < -0.4 is 10.1 Å². The van der Waals surface area contributed by atoms with Crippen LogP contribution in [0.5, 0.6) is 5.75 Å². The van der Waals surface area contributed by atoms with Crippen molar-refractivity contribution in [2.24, 2.45) is 0 Å². The van der Waals surface area contributed by atoms with Crippen LogP contribution in [0.4, 0.5) is 5.69 Å². The summed E-state index contributed by atoms with van der Waals surface area (Å²) in [5.74, 6) is -0.824. The molecule has 9 heteroatoms. The largest absolute Gasteiger partial charge is 0.482 e. The highest BCUT2D eigenvalue weighted by Gasteiger charge is 2.16. The van der Waals surface area contributed by atoms with Gasteiger partial charge in [0.05, 0.1) is 11.0 Å². The van der Waals surface area contributed by atoms with Gasteiger partial charge in [-0.05, 0) is 25.0 Å². The van der Waals surface area contributed by atoms with Crippen molar-refractivity contribution in [2.45, 2.75) is 18.9 Å². The van der Waals surface area contributed by atoms with Crippen molar-refractivity contribution in [2.75, 3.05) is 26.4 Å². The van der Waals surface area contributed by atoms with E-state index in [2.05, 4.69) is 5.32 Å². The summed E-state index contributed by atoms with van der Waals surface area (Å²) in [6.45, 7) is 0.317. The van der Waals surface area contributed by atoms with Gasteiger partial charge in [0.25, 0.3) is 11.6 Å². The van der Waals surface area contributed by atoms with Crippen LogP contribution in [0.1, 0.15) is 12.8 Å². The lowest BCUT2D eigenvalue weighted by atomic mass is 10.2. The van der Waals surface area contributed by atoms with Gasteiger partial charge in [0.2, 0.25) is 0 Å². The number of carbonyl (C=O) groups is 2. The predicted octanol–water partition coefficient (Wildman–Crippen LogP) is 0.812. The van der Waals surface area contributed by atoms with Gasteiger partial charge in [-0.15, -0.1) is 0 Å². The zero-order chi connectivity index (χ0) is 17.4. The molecule has 24 heavy (non-hydrogen) atoms. The molecule has 9 nitrogen and oxygen atoms in total. The van der Waals surface area contributed by atoms with E-state index in [9.17, 15) is 19.7 Å². The second-order valence-corrected chi connectivity index (χ2v) is 5.14. The molecule has 1 saturated heterocycles. The van der Waals surface area contributed by atoms with Crippen LogP contribution in [0.3, 0.4) is 0 Å². The van der Waals surface area contributed by atoms with E-state index in [-0.39, 0.29) is 11.8 Å². The molecule has 1 aliphatic rings. The van der Waals surface area contributed by atoms with Gasteiger partial charge < -0.3 is 19.5 Å². The number of ether oxygens (including phenoxy) is 3. The highest BCUT2D eigenvalue weighted by molar-refractivity contribution is 5.80. The second-order valence-electron chi connectivity index (χ2n) is 5.14. The summed E-state index contributed by atoms with van der Waals surface area (Å²) in [7, 11) is 0. The number of carbonyl (C=O) groups excluding carboxylic acids is 2. The fourth-order valence-electron chi connectivity index (χ4n) is 2.08. The first kappa shape index (κ1) is 17.7. The van der Waals surface area contributed by atoms with Crippen molar-refractivity contribution in [3.8, 4) is 5.75 Å². The maximum Gasteiger partial charge on any atom is 0.344 e. The fraction of sp³-hybridized carbons (Fsp3) is 0.467. The van der Waals surface area contributed by atoms with Gasteiger partial charge in [-0.1, -0.05) is 0 Å². The number of nitrogens with one attached hydrogen (secondary N) is 1. The molecular weight excluding hydrogens is 320 g/mol. The Labute approximate surface area is 138 Å². The smallest absolute Gasteiger partial charge is 0.344 e. The average Bonchev–Trinajstić information content (AvgIpc) is 3.10. The third-order valence-electron chi connectivity index (χ3n) is 3.32. The zero-order valence-electron chi connectivity index (χ0n) is 12.9. The van der Waals surface area contributed by atoms with Gasteiger partial charge in [-0.25, -0.2) is 4.79 Å². The molecule has 1 amide bonds. The van der Waals surface area contributed by atoms with E-state index in [0.717, 1.165) is 12.8 Å². The van der Waals surface area contributed by atoms with E-state index in [4.69, 9.17) is 14.2 Å². The maximum absolute atomic E-state index is 11.5. The molecule has 0 radical (unpaired) electrons. The predicted molar refractivity (Wildman–Crippen MR) is 81.5 cm³/mol. The normalized spacial score (nSPS) is 16.4. The minimum absolute atomic E-state index is 0.0233. The Morgan fingerprint density at radius 3 is 2.67 bits per heavy atom. The van der Waals surface area contributed by atoms with Crippen LogP contribution in [0, 0.1) is 10.1 Å². The topological polar surface area (TPSA) is 117 Å². The first-order valence-electron chi connectivity index (χ1n) is 7.46. The molecule has 1 aromatic rings. The van der Waals surface area contributed by atoms with Crippen molar-refractivity contribution in [3.05, 3.63) is 34.4 Å². The van der Waals surface area contributed by atoms with Crippen molar-refractivity contribution >= 4 is 17.6 Å². The Hall–Kier alpha value is -2.68. The van der Waals surface area contributed by atoms with Gasteiger partial charge in [0.15, 0.2) is 13.2 Å². The van der Waals surface area contributed by atoms with Crippen LogP contribution in [-0.4, -0.2) is 49.3 Å². The molecule has 0 spiro atoms. The molecule has 130 valence electrons. The van der Waals surface area contributed by atoms with E-state index in [1.807, 2.05) is 0 Å². The van der Waals surface area contributed by atoms with Crippen LogP contribution in [-0.2, 0) is 19.1 Å². The van der Waals surface area contributed by atoms with Gasteiger partial charge in [-0.3, -0.25) is 14.9 Å². The Bertz CT molecular complexity index is 582. The van der Waals surface area contributed by atoms with Crippen LogP contribution in [0.25, 0.3) is 0 Å². The number of rotatable bonds is 8. The monoisotopic (exact) mass is 338 g/mol. The number of amides is 1. The van der Waals surface area contributed by atoms with E-state index >= 15 is 0 Å². The quantitative estimate of drug-likeness (QED) is 0.423. The van der Waals surface area contributed by atoms with Gasteiger partial charge in [-0.2, -0.15) is 0 Å². The van der Waals surface area contributed by atoms with Crippen molar-refractivity contribution in [3.63, 3.8) is 0 Å². The Kier molecular flexibility index (Phi) is 6.50. The Morgan fingerprint density at radius 1 is 1.29 bits per heavy atom. The lowest BCUT2D eigenvalue weighted by Gasteiger charge is -2.11. The van der Waals surface area contributed by atoms with Crippen molar-refractivity contribution in [1.29, 1.82) is 0 Å². The lowest BCUT2D eigenvalue weighted by molar-refractivity contribution is -0.384. The fourth-order valence-corrected chi connectivity index (χ4v) is 2.08. The first-order valence-corrected chi connectivity index (χ1v) is 7.46. The molecule has 2 rings (SSSR count). The van der Waals surface area contributed by atoms with Crippen molar-refractivity contribution in [1.82, 2.24) is 5.32 Å². The van der Waals surface area contributed by atoms with Gasteiger partial charge in [0, 0.05) is 25.3 Å². The molecule has 0 aromatic heterocycles. The van der Waals surface area contributed by atoms with Crippen molar-refractivity contribution < 1.29 is 28.7 Å². The molecule has 1 fully saturated rings. The van der Waals surface area contributed by atoms with E-state index in [0.29, 0.717) is 18.9 Å². The highest BCUT2D eigenvalue weighted by atomic mass is 16.6. The summed E-state index contributed by atoms with van der Waals surface area (Å²) in [5.41, 5.74) is -0.0761. The molecule has 1 N–H and O–H groups in total. The molecule has 1 heterocycles. The van der Waals surface area contributed by atoms with E-state index in [1.165, 1.54) is 24.3 Å². The minimum atomic E-state index is -0.708. The molecule has 0 unspecified atom stereocenters. The Balaban J connectivity index is 1.61. The minimum Gasteiger partial charge on any atom is -0.482 e. The van der Waals surface area contributed by atoms with Crippen LogP contribution in [0.15, 0.2) is 24.3 Å². The van der Waals surface area contributed by atoms with E-state index in [1.54, 1.807) is 0 Å². The summed E-state index contributed by atoms with van der Waals surface area (Å²) >= 11 is 0. The number of non-ortho nitro benzene ring substituents is 1. The average molecular weight is 338 g/mol. The van der Waals surface area contributed by atoms with E-state index < -0.39 is 30.0 Å². The number of nitro benzene ring substituents is 1. The molecule has 1 aliphatic heterocycles. The Morgan fingerprint density at radius 2 is 2.04 bits per heavy atom. The number of esters is 1. The molecule has 0 saturated carbocycles. The summed E-state index contributed by atoms with van der Waals surface area (Å²) in [5, 5.41) is 13.1. The summed E-state index contributed by atoms with van der Waals surface area (Å²) in [6.07, 6.45) is 1.91. The second kappa shape index (κ2) is 8.82. The third kappa shape index (κ3) is 5.84. The van der Waals surface area contributed by atoms with Gasteiger partial charge >= 0.3 is 5.97 Å². The lowest BCUT2D eigenvalue weighted by Crippen LogP contribution is -2.35. The van der Waals surface area contributed by atoms with Crippen LogP contribution in [0.2, 0.25) is 0 Å². The van der Waals surface area contributed by atoms with Gasteiger partial charge in [0.1, 0.15) is 5.75 Å². The summed E-state index contributed by atoms with van der Waals surface area (Å²) in [6, 6.07) is 5.28. The highest BCUT2D eigenvalue weighted by Crippen LogP contribution is 2.17. The number of nitrogens with zero attached hydrogens (tertiary/aromatic N) is 1. The molecule has 0 aliphatic carbocycles. The van der Waals surface area contributed by atoms with Crippen LogP contribution >= 0.6 is 0 Å². The molecule has 1 atom stereocenters. The third-order valence-corrected chi connectivity index (χ3v) is 3.32. The zero-order valence-corrected chi connectivity index (χ0v) is 12.9. The summed E-state index contributed by atoms with van der Waals surface area (Å²) in [4.78, 5) is 33.0. The molecule has 0 bridgehead atoms. The molecular formula is C15H18N2O7. The maximum atomic E-state index is 11.5.